The molecule has 0 unspecified atom stereocenters. The fourth-order valence-electron chi connectivity index (χ4n) is 5.73. The summed E-state index contributed by atoms with van der Waals surface area (Å²) in [6.45, 7) is 3.73. The average molecular weight is 725 g/mol. The van der Waals surface area contributed by atoms with Crippen molar-refractivity contribution in [3.8, 4) is 11.5 Å². The minimum atomic E-state index is -4.68. The number of unbranched alkanes of at least 4 members (excludes halogenated alkanes) is 2. The SMILES string of the molecule is CCCc1c(OCCCC/C=C\C=C\[C@H](c2c(C(=O)OC)oc3c(c2=O)=CCC(=S)C=3)[C@H](O)c2cccc(C(F)(F)F)c2)ccc(C(C)=O)c1O. The lowest BCUT2D eigenvalue weighted by atomic mass is 9.86. The summed E-state index contributed by atoms with van der Waals surface area (Å²) in [5.41, 5.74) is -1.13. The lowest BCUT2D eigenvalue weighted by molar-refractivity contribution is -0.137. The van der Waals surface area contributed by atoms with E-state index >= 15 is 0 Å². The summed E-state index contributed by atoms with van der Waals surface area (Å²) in [5, 5.41) is 22.2. The molecule has 4 rings (SSSR count). The highest BCUT2D eigenvalue weighted by molar-refractivity contribution is 7.81. The molecule has 1 heterocycles. The first-order valence-electron chi connectivity index (χ1n) is 16.5. The number of hydrogen-bond acceptors (Lipinski definition) is 9. The van der Waals surface area contributed by atoms with E-state index in [0.29, 0.717) is 42.0 Å². The third-order valence-corrected chi connectivity index (χ3v) is 8.60. The smallest absolute Gasteiger partial charge is 0.416 e. The van der Waals surface area contributed by atoms with Crippen LogP contribution in [0.4, 0.5) is 13.2 Å². The number of fused-ring (bicyclic) bond motifs is 1. The number of benzene rings is 2. The number of aliphatic hydroxyl groups excluding tert-OH is 1. The van der Waals surface area contributed by atoms with Crippen molar-refractivity contribution in [2.75, 3.05) is 13.7 Å². The fraction of sp³-hybridized carbons (Fsp3) is 0.333. The summed E-state index contributed by atoms with van der Waals surface area (Å²) in [5.74, 6) is -2.57. The largest absolute Gasteiger partial charge is 0.507 e. The Hall–Kier alpha value is -4.81. The first-order valence-corrected chi connectivity index (χ1v) is 16.9. The molecule has 2 aromatic carbocycles. The molecule has 0 radical (unpaired) electrons. The van der Waals surface area contributed by atoms with Crippen LogP contribution in [0.3, 0.4) is 0 Å². The van der Waals surface area contributed by atoms with Gasteiger partial charge in [-0.1, -0.05) is 68.1 Å². The second-order valence-electron chi connectivity index (χ2n) is 12.0. The quantitative estimate of drug-likeness (QED) is 0.0572. The van der Waals surface area contributed by atoms with Gasteiger partial charge in [-0.25, -0.2) is 4.79 Å². The van der Waals surface area contributed by atoms with E-state index in [1.807, 2.05) is 13.0 Å². The molecular formula is C39H39F3O8S. The second-order valence-corrected chi connectivity index (χ2v) is 12.5. The number of phenolic OH excluding ortho intramolecular Hbond substituents is 1. The second kappa shape index (κ2) is 17.4. The van der Waals surface area contributed by atoms with E-state index in [9.17, 15) is 37.8 Å². The standard InChI is InChI=1S/C39H39F3O8S/c1-4-12-28-31(19-18-27(23(2)43)35(28)45)49-20-10-8-6-5-7-9-15-30(34(44)24-13-11-14-25(21-24)39(40,41)42)33-36(46)29-17-16-26(51)22-32(29)50-37(33)38(47)48-3/h5,7,9,11,13-15,17-19,21-22,30,34,44-45H,4,6,8,10,12,16,20H2,1-3H3/b7-5-,15-9+/t30-,34-/m1/s1. The van der Waals surface area contributed by atoms with Crippen LogP contribution in [0.5, 0.6) is 11.5 Å². The molecule has 0 spiro atoms. The van der Waals surface area contributed by atoms with Crippen LogP contribution in [0.25, 0.3) is 12.2 Å². The topological polar surface area (TPSA) is 123 Å². The number of alkyl halides is 3. The molecule has 0 amide bonds. The number of carbonyl (C=O) groups is 2. The predicted octanol–water partition coefficient (Wildman–Crippen LogP) is 6.82. The van der Waals surface area contributed by atoms with Crippen LogP contribution in [0.1, 0.15) is 101 Å². The normalized spacial score (nSPS) is 14.1. The molecule has 51 heavy (non-hydrogen) atoms. The van der Waals surface area contributed by atoms with Crippen LogP contribution in [0, 0.1) is 0 Å². The number of hydrogen-bond donors (Lipinski definition) is 2. The van der Waals surface area contributed by atoms with E-state index in [0.717, 1.165) is 38.2 Å². The van der Waals surface area contributed by atoms with Crippen LogP contribution in [-0.4, -0.2) is 40.5 Å². The number of thiocarbonyl (C=S) groups is 1. The summed E-state index contributed by atoms with van der Waals surface area (Å²) >= 11 is 5.22. The van der Waals surface area contributed by atoms with Gasteiger partial charge in [-0.3, -0.25) is 9.59 Å². The third kappa shape index (κ3) is 9.50. The Labute approximate surface area is 298 Å². The molecule has 0 bridgehead atoms. The number of rotatable bonds is 15. The monoisotopic (exact) mass is 724 g/mol. The van der Waals surface area contributed by atoms with Gasteiger partial charge < -0.3 is 24.1 Å². The van der Waals surface area contributed by atoms with Crippen LogP contribution < -0.4 is 20.8 Å². The van der Waals surface area contributed by atoms with Gasteiger partial charge in [0.05, 0.1) is 41.7 Å². The molecule has 0 aliphatic heterocycles. The summed E-state index contributed by atoms with van der Waals surface area (Å²) in [4.78, 5) is 39.1. The van der Waals surface area contributed by atoms with Gasteiger partial charge in [0.15, 0.2) is 11.2 Å². The van der Waals surface area contributed by atoms with Crippen LogP contribution in [0.2, 0.25) is 0 Å². The van der Waals surface area contributed by atoms with E-state index in [1.54, 1.807) is 30.4 Å². The van der Waals surface area contributed by atoms with Crippen molar-refractivity contribution in [3.05, 3.63) is 115 Å². The van der Waals surface area contributed by atoms with Gasteiger partial charge in [0.2, 0.25) is 5.76 Å². The van der Waals surface area contributed by atoms with Crippen LogP contribution in [0.15, 0.2) is 69.9 Å². The van der Waals surface area contributed by atoms with E-state index in [4.69, 9.17) is 26.1 Å². The predicted molar refractivity (Wildman–Crippen MR) is 191 cm³/mol. The van der Waals surface area contributed by atoms with Gasteiger partial charge >= 0.3 is 12.1 Å². The molecule has 2 atom stereocenters. The van der Waals surface area contributed by atoms with E-state index in [2.05, 4.69) is 0 Å². The van der Waals surface area contributed by atoms with Crippen molar-refractivity contribution in [2.45, 2.75) is 70.6 Å². The van der Waals surface area contributed by atoms with E-state index < -0.39 is 40.9 Å². The molecule has 0 fully saturated rings. The number of ketones is 1. The third-order valence-electron chi connectivity index (χ3n) is 8.32. The van der Waals surface area contributed by atoms with Crippen molar-refractivity contribution >= 4 is 41.0 Å². The number of aliphatic hydroxyl groups is 1. The Morgan fingerprint density at radius 2 is 1.90 bits per heavy atom. The minimum absolute atomic E-state index is 0.0482. The van der Waals surface area contributed by atoms with Gasteiger partial charge in [-0.15, -0.1) is 0 Å². The maximum absolute atomic E-state index is 13.9. The highest BCUT2D eigenvalue weighted by Crippen LogP contribution is 2.36. The molecule has 270 valence electrons. The summed E-state index contributed by atoms with van der Waals surface area (Å²) < 4.78 is 57.3. The number of allylic oxidation sites excluding steroid dienone is 3. The molecule has 1 aliphatic rings. The Bertz CT molecular complexity index is 2030. The highest BCUT2D eigenvalue weighted by Gasteiger charge is 2.34. The van der Waals surface area contributed by atoms with Crippen molar-refractivity contribution in [1.82, 2.24) is 0 Å². The highest BCUT2D eigenvalue weighted by atomic mass is 32.1. The first kappa shape index (κ1) is 39.0. The zero-order chi connectivity index (χ0) is 37.3. The zero-order valence-corrected chi connectivity index (χ0v) is 29.2. The fourth-order valence-corrected chi connectivity index (χ4v) is 5.93. The Kier molecular flexibility index (Phi) is 13.3. The zero-order valence-electron chi connectivity index (χ0n) is 28.4. The Morgan fingerprint density at radius 3 is 2.59 bits per heavy atom. The lowest BCUT2D eigenvalue weighted by Gasteiger charge is -2.22. The lowest BCUT2D eigenvalue weighted by Crippen LogP contribution is -2.45. The van der Waals surface area contributed by atoms with Crippen molar-refractivity contribution < 1.29 is 46.9 Å². The molecule has 0 saturated carbocycles. The maximum Gasteiger partial charge on any atom is 0.416 e. The number of aromatic hydroxyl groups is 1. The maximum atomic E-state index is 13.9. The molecular weight excluding hydrogens is 685 g/mol. The average Bonchev–Trinajstić information content (AvgIpc) is 3.09. The number of halogens is 3. The summed E-state index contributed by atoms with van der Waals surface area (Å²) in [6.07, 6.45) is 6.68. The van der Waals surface area contributed by atoms with Crippen molar-refractivity contribution in [2.24, 2.45) is 0 Å². The molecule has 12 heteroatoms. The van der Waals surface area contributed by atoms with Crippen molar-refractivity contribution in [3.63, 3.8) is 0 Å². The van der Waals surface area contributed by atoms with E-state index in [1.165, 1.54) is 25.1 Å². The minimum Gasteiger partial charge on any atom is -0.507 e. The van der Waals surface area contributed by atoms with E-state index in [-0.39, 0.29) is 45.3 Å². The molecule has 3 aromatic rings. The van der Waals surface area contributed by atoms with Gasteiger partial charge in [0.1, 0.15) is 16.9 Å². The van der Waals surface area contributed by atoms with Gasteiger partial charge in [0.25, 0.3) is 0 Å². The molecule has 0 saturated heterocycles. The van der Waals surface area contributed by atoms with Crippen LogP contribution in [-0.2, 0) is 17.3 Å². The number of phenols is 1. The number of Topliss-reactive ketones (excluding diaryl/α,β-unsaturated/α-hetero) is 1. The summed E-state index contributed by atoms with van der Waals surface area (Å²) in [7, 11) is 1.09. The number of esters is 1. The Balaban J connectivity index is 1.56. The van der Waals surface area contributed by atoms with Gasteiger partial charge in [-0.05, 0) is 68.5 Å². The first-order chi connectivity index (χ1) is 24.3. The Morgan fingerprint density at radius 1 is 1.14 bits per heavy atom. The molecule has 8 nitrogen and oxygen atoms in total. The van der Waals surface area contributed by atoms with Gasteiger partial charge in [-0.2, -0.15) is 13.2 Å². The van der Waals surface area contributed by atoms with Crippen LogP contribution >= 0.6 is 12.2 Å². The van der Waals surface area contributed by atoms with Gasteiger partial charge in [0, 0.05) is 22.8 Å². The number of carbonyl (C=O) groups excluding carboxylic acids is 2. The number of ether oxygens (including phenoxy) is 2. The molecule has 1 aromatic heterocycles. The number of methoxy groups -OCH3 is 1. The molecule has 1 aliphatic carbocycles. The van der Waals surface area contributed by atoms with Crippen molar-refractivity contribution in [1.29, 1.82) is 0 Å². The molecule has 2 N–H and O–H groups in total. The summed E-state index contributed by atoms with van der Waals surface area (Å²) in [6, 6.07) is 7.36.